The van der Waals surface area contributed by atoms with Crippen LogP contribution in [0.25, 0.3) is 0 Å². The van der Waals surface area contributed by atoms with Gasteiger partial charge >= 0.3 is 0 Å². The summed E-state index contributed by atoms with van der Waals surface area (Å²) in [6.07, 6.45) is 0. The zero-order chi connectivity index (χ0) is 15.4. The molecule has 0 fully saturated rings. The molecule has 1 N–H and O–H groups in total. The molecule has 2 aromatic carbocycles. The maximum Gasteiger partial charge on any atom is 0.147 e. The lowest BCUT2D eigenvalue weighted by molar-refractivity contribution is 0.413. The molecule has 0 amide bonds. The van der Waals surface area contributed by atoms with Crippen LogP contribution in [0.2, 0.25) is 0 Å². The third-order valence-electron chi connectivity index (χ3n) is 2.88. The Labute approximate surface area is 129 Å². The Morgan fingerprint density at radius 3 is 2.67 bits per heavy atom. The van der Waals surface area contributed by atoms with Crippen LogP contribution in [0.1, 0.15) is 11.1 Å². The van der Waals surface area contributed by atoms with Crippen LogP contribution in [-0.2, 0) is 6.54 Å². The summed E-state index contributed by atoms with van der Waals surface area (Å²) >= 11 is 2.92. The highest BCUT2D eigenvalue weighted by atomic mass is 79.9. The van der Waals surface area contributed by atoms with Gasteiger partial charge in [0.05, 0.1) is 22.8 Å². The number of methoxy groups -OCH3 is 1. The topological polar surface area (TPSA) is 45.0 Å². The van der Waals surface area contributed by atoms with Gasteiger partial charge in [0.2, 0.25) is 0 Å². The van der Waals surface area contributed by atoms with Gasteiger partial charge in [0, 0.05) is 12.6 Å². The fourth-order valence-electron chi connectivity index (χ4n) is 1.79. The lowest BCUT2D eigenvalue weighted by Crippen LogP contribution is -2.03. The predicted octanol–water partition coefficient (Wildman–Crippen LogP) is 4.22. The molecule has 0 aliphatic heterocycles. The number of ether oxygens (including phenoxy) is 1. The molecule has 0 saturated heterocycles. The molecule has 0 atom stereocenters. The smallest absolute Gasteiger partial charge is 0.147 e. The first-order valence-electron chi connectivity index (χ1n) is 6.00. The van der Waals surface area contributed by atoms with Crippen LogP contribution in [-0.4, -0.2) is 7.11 Å². The molecule has 2 aromatic rings. The van der Waals surface area contributed by atoms with E-state index in [-0.39, 0.29) is 16.7 Å². The van der Waals surface area contributed by atoms with Crippen LogP contribution in [0.15, 0.2) is 34.8 Å². The van der Waals surface area contributed by atoms with Gasteiger partial charge < -0.3 is 10.1 Å². The summed E-state index contributed by atoms with van der Waals surface area (Å²) in [6.45, 7) is 0.278. The fraction of sp³-hybridized carbons (Fsp3) is 0.133. The third-order valence-corrected chi connectivity index (χ3v) is 3.49. The summed E-state index contributed by atoms with van der Waals surface area (Å²) in [5.41, 5.74) is 1.27. The lowest BCUT2D eigenvalue weighted by Gasteiger charge is -2.10. The van der Waals surface area contributed by atoms with Gasteiger partial charge in [0.25, 0.3) is 0 Å². The Kier molecular flexibility index (Phi) is 4.76. The van der Waals surface area contributed by atoms with E-state index in [1.807, 2.05) is 6.07 Å². The molecule has 0 aromatic heterocycles. The maximum absolute atomic E-state index is 13.7. The summed E-state index contributed by atoms with van der Waals surface area (Å²) in [7, 11) is 1.47. The highest BCUT2D eigenvalue weighted by molar-refractivity contribution is 9.10. The highest BCUT2D eigenvalue weighted by Crippen LogP contribution is 2.24. The summed E-state index contributed by atoms with van der Waals surface area (Å²) in [5.74, 6) is -0.653. The van der Waals surface area contributed by atoms with Crippen molar-refractivity contribution >= 4 is 21.6 Å². The quantitative estimate of drug-likeness (QED) is 0.838. The summed E-state index contributed by atoms with van der Waals surface area (Å²) in [6, 6.07) is 9.18. The van der Waals surface area contributed by atoms with Gasteiger partial charge in [0.15, 0.2) is 0 Å². The van der Waals surface area contributed by atoms with Crippen molar-refractivity contribution in [1.82, 2.24) is 0 Å². The summed E-state index contributed by atoms with van der Waals surface area (Å²) < 4.78 is 32.2. The van der Waals surface area contributed by atoms with Crippen molar-refractivity contribution in [1.29, 1.82) is 5.26 Å². The third kappa shape index (κ3) is 3.50. The number of anilines is 1. The highest BCUT2D eigenvalue weighted by Gasteiger charge is 2.09. The normalized spacial score (nSPS) is 10.0. The first kappa shape index (κ1) is 15.3. The van der Waals surface area contributed by atoms with Crippen LogP contribution >= 0.6 is 15.9 Å². The van der Waals surface area contributed by atoms with Gasteiger partial charge in [-0.3, -0.25) is 0 Å². The number of hydrogen-bond donors (Lipinski definition) is 1. The van der Waals surface area contributed by atoms with E-state index < -0.39 is 11.6 Å². The average molecular weight is 353 g/mol. The number of nitrogens with one attached hydrogen (secondary N) is 1. The standard InChI is InChI=1S/C15H11BrF2N2O/c1-21-15-4-9(2-3-10(15)7-19)8-20-14-6-12(17)11(16)5-13(14)18/h2-6,20H,8H2,1H3. The minimum absolute atomic E-state index is 0.0685. The Morgan fingerprint density at radius 2 is 2.00 bits per heavy atom. The van der Waals surface area contributed by atoms with Crippen LogP contribution in [0.5, 0.6) is 5.75 Å². The second kappa shape index (κ2) is 6.55. The van der Waals surface area contributed by atoms with Gasteiger partial charge in [0.1, 0.15) is 23.5 Å². The zero-order valence-electron chi connectivity index (χ0n) is 11.1. The number of benzene rings is 2. The molecular weight excluding hydrogens is 342 g/mol. The molecule has 21 heavy (non-hydrogen) atoms. The van der Waals surface area contributed by atoms with Crippen LogP contribution in [0.3, 0.4) is 0 Å². The van der Waals surface area contributed by atoms with Crippen molar-refractivity contribution < 1.29 is 13.5 Å². The first-order chi connectivity index (χ1) is 10.0. The van der Waals surface area contributed by atoms with Crippen LogP contribution < -0.4 is 10.1 Å². The average Bonchev–Trinajstić information content (AvgIpc) is 2.49. The number of nitrogens with zero attached hydrogens (tertiary/aromatic N) is 1. The Morgan fingerprint density at radius 1 is 1.24 bits per heavy atom. The predicted molar refractivity (Wildman–Crippen MR) is 79.1 cm³/mol. The molecule has 108 valence electrons. The number of rotatable bonds is 4. The fourth-order valence-corrected chi connectivity index (χ4v) is 2.11. The number of halogens is 3. The van der Waals surface area contributed by atoms with Gasteiger partial charge in [-0.15, -0.1) is 0 Å². The summed E-state index contributed by atoms with van der Waals surface area (Å²) in [4.78, 5) is 0. The molecule has 0 unspecified atom stereocenters. The van der Waals surface area contributed by atoms with E-state index in [9.17, 15) is 8.78 Å². The van der Waals surface area contributed by atoms with E-state index in [4.69, 9.17) is 10.00 Å². The number of hydrogen-bond acceptors (Lipinski definition) is 3. The molecule has 0 spiro atoms. The molecule has 0 heterocycles. The van der Waals surface area contributed by atoms with Crippen molar-refractivity contribution in [2.75, 3.05) is 12.4 Å². The van der Waals surface area contributed by atoms with Crippen LogP contribution in [0, 0.1) is 23.0 Å². The number of nitriles is 1. The van der Waals surface area contributed by atoms with Crippen LogP contribution in [0.4, 0.5) is 14.5 Å². The van der Waals surface area contributed by atoms with Crippen molar-refractivity contribution in [3.8, 4) is 11.8 Å². The van der Waals surface area contributed by atoms with E-state index in [0.717, 1.165) is 17.7 Å². The van der Waals surface area contributed by atoms with Crippen molar-refractivity contribution in [2.24, 2.45) is 0 Å². The maximum atomic E-state index is 13.7. The van der Waals surface area contributed by atoms with Gasteiger partial charge in [-0.2, -0.15) is 5.26 Å². The minimum Gasteiger partial charge on any atom is -0.495 e. The molecule has 3 nitrogen and oxygen atoms in total. The van der Waals surface area contributed by atoms with Gasteiger partial charge in [-0.25, -0.2) is 8.78 Å². The van der Waals surface area contributed by atoms with Crippen molar-refractivity contribution in [3.63, 3.8) is 0 Å². The van der Waals surface area contributed by atoms with E-state index in [1.165, 1.54) is 7.11 Å². The van der Waals surface area contributed by atoms with Gasteiger partial charge in [-0.05, 0) is 39.7 Å². The Bertz CT molecular complexity index is 714. The van der Waals surface area contributed by atoms with E-state index in [2.05, 4.69) is 21.2 Å². The van der Waals surface area contributed by atoms with Crippen molar-refractivity contribution in [3.05, 3.63) is 57.6 Å². The van der Waals surface area contributed by atoms with E-state index in [1.54, 1.807) is 18.2 Å². The monoisotopic (exact) mass is 352 g/mol. The second-order valence-corrected chi connectivity index (χ2v) is 5.10. The molecule has 0 radical (unpaired) electrons. The molecule has 0 bridgehead atoms. The zero-order valence-corrected chi connectivity index (χ0v) is 12.7. The largest absolute Gasteiger partial charge is 0.495 e. The summed E-state index contributed by atoms with van der Waals surface area (Å²) in [5, 5.41) is 11.7. The molecule has 0 aliphatic carbocycles. The SMILES string of the molecule is COc1cc(CNc2cc(F)c(Br)cc2F)ccc1C#N. The molecule has 0 saturated carbocycles. The molecule has 6 heteroatoms. The molecule has 0 aliphatic rings. The van der Waals surface area contributed by atoms with Gasteiger partial charge in [-0.1, -0.05) is 6.07 Å². The van der Waals surface area contributed by atoms with E-state index in [0.29, 0.717) is 11.3 Å². The first-order valence-corrected chi connectivity index (χ1v) is 6.80. The van der Waals surface area contributed by atoms with E-state index >= 15 is 0 Å². The Hall–Kier alpha value is -2.13. The minimum atomic E-state index is -0.552. The second-order valence-electron chi connectivity index (χ2n) is 4.25. The lowest BCUT2D eigenvalue weighted by atomic mass is 10.1. The Balaban J connectivity index is 2.17. The molecule has 2 rings (SSSR count). The van der Waals surface area contributed by atoms with Crippen molar-refractivity contribution in [2.45, 2.75) is 6.54 Å². The molecular formula is C15H11BrF2N2O.